The summed E-state index contributed by atoms with van der Waals surface area (Å²) in [5, 5.41) is 0.359. The molecule has 0 radical (unpaired) electrons. The minimum atomic E-state index is -0.173. The molecule has 1 aromatic carbocycles. The van der Waals surface area contributed by atoms with Crippen LogP contribution in [0.15, 0.2) is 27.4 Å². The number of hydrogen-bond acceptors (Lipinski definition) is 6. The monoisotopic (exact) mass is 280 g/mol. The normalized spacial score (nSPS) is 10.8. The van der Waals surface area contributed by atoms with Gasteiger partial charge in [-0.2, -0.15) is 0 Å². The van der Waals surface area contributed by atoms with Crippen LogP contribution in [0.3, 0.4) is 0 Å². The van der Waals surface area contributed by atoms with Crippen molar-refractivity contribution in [3.63, 3.8) is 0 Å². The zero-order chi connectivity index (χ0) is 14.5. The Morgan fingerprint density at radius 1 is 1.05 bits per heavy atom. The van der Waals surface area contributed by atoms with Crippen LogP contribution in [0.2, 0.25) is 0 Å². The van der Waals surface area contributed by atoms with Gasteiger partial charge >= 0.3 is 0 Å². The van der Waals surface area contributed by atoms with Gasteiger partial charge < -0.3 is 23.4 Å². The van der Waals surface area contributed by atoms with Crippen LogP contribution in [0.5, 0.6) is 11.5 Å². The molecular formula is C14H16O6. The Labute approximate surface area is 115 Å². The van der Waals surface area contributed by atoms with E-state index in [1.165, 1.54) is 20.3 Å². The second-order valence-electron chi connectivity index (χ2n) is 4.12. The first-order valence-electron chi connectivity index (χ1n) is 5.97. The van der Waals surface area contributed by atoms with Crippen molar-refractivity contribution in [2.75, 3.05) is 27.8 Å². The second kappa shape index (κ2) is 6.40. The first kappa shape index (κ1) is 14.4. The number of methoxy groups -OCH3 is 2. The third kappa shape index (κ3) is 3.09. The summed E-state index contributed by atoms with van der Waals surface area (Å²) < 4.78 is 26.0. The molecule has 0 saturated carbocycles. The second-order valence-corrected chi connectivity index (χ2v) is 4.12. The number of rotatable bonds is 6. The fraction of sp³-hybridized carbons (Fsp3) is 0.357. The van der Waals surface area contributed by atoms with Gasteiger partial charge in [-0.25, -0.2) is 0 Å². The van der Waals surface area contributed by atoms with Crippen molar-refractivity contribution in [1.29, 1.82) is 0 Å². The van der Waals surface area contributed by atoms with Crippen molar-refractivity contribution in [3.8, 4) is 11.5 Å². The molecule has 0 amide bonds. The van der Waals surface area contributed by atoms with Crippen LogP contribution in [0.4, 0.5) is 0 Å². The van der Waals surface area contributed by atoms with Gasteiger partial charge in [0.15, 0.2) is 19.0 Å². The van der Waals surface area contributed by atoms with Crippen molar-refractivity contribution in [2.24, 2.45) is 0 Å². The van der Waals surface area contributed by atoms with Crippen LogP contribution in [0.25, 0.3) is 11.0 Å². The van der Waals surface area contributed by atoms with Gasteiger partial charge in [0.05, 0.1) is 0 Å². The lowest BCUT2D eigenvalue weighted by Gasteiger charge is -2.11. The maximum absolute atomic E-state index is 12.1. The fourth-order valence-corrected chi connectivity index (χ4v) is 1.80. The molecule has 20 heavy (non-hydrogen) atoms. The summed E-state index contributed by atoms with van der Waals surface area (Å²) in [6.07, 6.45) is 0. The molecule has 0 fully saturated rings. The summed E-state index contributed by atoms with van der Waals surface area (Å²) in [6, 6.07) is 4.65. The molecule has 2 aromatic rings. The highest BCUT2D eigenvalue weighted by Crippen LogP contribution is 2.29. The van der Waals surface area contributed by atoms with Crippen LogP contribution in [0.1, 0.15) is 5.76 Å². The summed E-state index contributed by atoms with van der Waals surface area (Å²) in [5.74, 6) is 1.35. The van der Waals surface area contributed by atoms with E-state index >= 15 is 0 Å². The third-order valence-corrected chi connectivity index (χ3v) is 2.57. The van der Waals surface area contributed by atoms with Gasteiger partial charge in [0, 0.05) is 32.4 Å². The third-order valence-electron chi connectivity index (χ3n) is 2.57. The van der Waals surface area contributed by atoms with Crippen molar-refractivity contribution in [3.05, 3.63) is 34.2 Å². The van der Waals surface area contributed by atoms with Crippen molar-refractivity contribution in [2.45, 2.75) is 6.92 Å². The highest BCUT2D eigenvalue weighted by atomic mass is 16.7. The van der Waals surface area contributed by atoms with E-state index in [1.807, 2.05) is 0 Å². The molecule has 6 nitrogen and oxygen atoms in total. The van der Waals surface area contributed by atoms with E-state index in [4.69, 9.17) is 23.4 Å². The number of benzene rings is 1. The summed E-state index contributed by atoms with van der Waals surface area (Å²) in [7, 11) is 3.02. The van der Waals surface area contributed by atoms with Gasteiger partial charge in [-0.3, -0.25) is 4.79 Å². The lowest BCUT2D eigenvalue weighted by atomic mass is 10.2. The predicted octanol–water partition coefficient (Wildman–Crippen LogP) is 2.07. The number of aryl methyl sites for hydroxylation is 1. The number of ether oxygens (including phenoxy) is 4. The Morgan fingerprint density at radius 3 is 2.45 bits per heavy atom. The first-order valence-corrected chi connectivity index (χ1v) is 5.97. The van der Waals surface area contributed by atoms with Crippen LogP contribution < -0.4 is 14.9 Å². The topological polar surface area (TPSA) is 67.1 Å². The van der Waals surface area contributed by atoms with Gasteiger partial charge in [-0.05, 0) is 6.92 Å². The highest BCUT2D eigenvalue weighted by molar-refractivity contribution is 5.85. The standard InChI is InChI=1S/C14H16O6/c1-9-4-11(15)14-12(19-8-17-3)5-10(18-7-16-2)6-13(14)20-9/h4-6H,7-8H2,1-3H3. The Bertz CT molecular complexity index is 646. The zero-order valence-corrected chi connectivity index (χ0v) is 11.6. The average molecular weight is 280 g/mol. The highest BCUT2D eigenvalue weighted by Gasteiger charge is 2.12. The molecule has 0 aliphatic heterocycles. The molecule has 2 rings (SSSR count). The molecule has 0 spiro atoms. The Kier molecular flexibility index (Phi) is 4.60. The van der Waals surface area contributed by atoms with E-state index in [1.54, 1.807) is 19.1 Å². The summed E-state index contributed by atoms with van der Waals surface area (Å²) in [5.41, 5.74) is 0.225. The SMILES string of the molecule is COCOc1cc(OCOC)c2c(=O)cc(C)oc2c1. The number of fused-ring (bicyclic) bond motifs is 1. The lowest BCUT2D eigenvalue weighted by Crippen LogP contribution is -2.07. The Morgan fingerprint density at radius 2 is 1.75 bits per heavy atom. The minimum Gasteiger partial charge on any atom is -0.467 e. The fourth-order valence-electron chi connectivity index (χ4n) is 1.80. The molecule has 0 N–H and O–H groups in total. The quantitative estimate of drug-likeness (QED) is 0.755. The molecule has 0 aliphatic rings. The lowest BCUT2D eigenvalue weighted by molar-refractivity contribution is 0.0467. The van der Waals surface area contributed by atoms with Crippen LogP contribution in [-0.2, 0) is 9.47 Å². The Balaban J connectivity index is 2.55. The maximum atomic E-state index is 12.1. The molecule has 108 valence electrons. The van der Waals surface area contributed by atoms with E-state index in [0.29, 0.717) is 28.2 Å². The minimum absolute atomic E-state index is 0.0240. The molecule has 1 heterocycles. The molecule has 0 saturated heterocycles. The summed E-state index contributed by atoms with van der Waals surface area (Å²) >= 11 is 0. The first-order chi connectivity index (χ1) is 9.65. The molecule has 0 aliphatic carbocycles. The van der Waals surface area contributed by atoms with Gasteiger partial charge in [0.2, 0.25) is 0 Å². The van der Waals surface area contributed by atoms with Crippen molar-refractivity contribution in [1.82, 2.24) is 0 Å². The molecule has 0 bridgehead atoms. The van der Waals surface area contributed by atoms with E-state index < -0.39 is 0 Å². The van der Waals surface area contributed by atoms with Crippen LogP contribution >= 0.6 is 0 Å². The summed E-state index contributed by atoms with van der Waals surface area (Å²) in [6.45, 7) is 1.82. The van der Waals surface area contributed by atoms with Crippen LogP contribution in [-0.4, -0.2) is 27.8 Å². The smallest absolute Gasteiger partial charge is 0.196 e. The van der Waals surface area contributed by atoms with E-state index in [-0.39, 0.29) is 19.0 Å². The van der Waals surface area contributed by atoms with Crippen molar-refractivity contribution >= 4 is 11.0 Å². The number of hydrogen-bond donors (Lipinski definition) is 0. The average Bonchev–Trinajstić information content (AvgIpc) is 2.41. The van der Waals surface area contributed by atoms with Gasteiger partial charge in [-0.1, -0.05) is 0 Å². The van der Waals surface area contributed by atoms with Gasteiger partial charge in [-0.15, -0.1) is 0 Å². The van der Waals surface area contributed by atoms with Crippen molar-refractivity contribution < 1.29 is 23.4 Å². The van der Waals surface area contributed by atoms with Gasteiger partial charge in [0.1, 0.15) is 28.2 Å². The Hall–Kier alpha value is -2.05. The predicted molar refractivity (Wildman–Crippen MR) is 72.2 cm³/mol. The van der Waals surface area contributed by atoms with E-state index in [9.17, 15) is 4.79 Å². The molecule has 6 heteroatoms. The maximum Gasteiger partial charge on any atom is 0.196 e. The summed E-state index contributed by atoms with van der Waals surface area (Å²) in [4.78, 5) is 12.1. The molecular weight excluding hydrogens is 264 g/mol. The molecule has 1 aromatic heterocycles. The zero-order valence-electron chi connectivity index (χ0n) is 11.6. The molecule has 0 atom stereocenters. The van der Waals surface area contributed by atoms with Crippen LogP contribution in [0, 0.1) is 6.92 Å². The van der Waals surface area contributed by atoms with E-state index in [0.717, 1.165) is 0 Å². The molecule has 0 unspecified atom stereocenters. The largest absolute Gasteiger partial charge is 0.467 e. The van der Waals surface area contributed by atoms with Gasteiger partial charge in [0.25, 0.3) is 0 Å². The van der Waals surface area contributed by atoms with E-state index in [2.05, 4.69) is 0 Å².